The van der Waals surface area contributed by atoms with Crippen molar-refractivity contribution in [3.8, 4) is 23.0 Å². The van der Waals surface area contributed by atoms with Crippen LogP contribution in [-0.4, -0.2) is 86.9 Å². The Morgan fingerprint density at radius 3 is 1.58 bits per heavy atom. The van der Waals surface area contributed by atoms with Crippen molar-refractivity contribution in [1.29, 1.82) is 0 Å². The van der Waals surface area contributed by atoms with Crippen molar-refractivity contribution < 1.29 is 29.2 Å². The number of fused-ring (bicyclic) bond motifs is 4. The molecular weight excluding hydrogens is 444 g/mol. The number of thioether (sulfide) groups is 1. The van der Waals surface area contributed by atoms with Gasteiger partial charge in [-0.05, 0) is 24.3 Å². The monoisotopic (exact) mass is 474 g/mol. The number of ether oxygens (including phenoxy) is 4. The molecule has 0 amide bonds. The summed E-state index contributed by atoms with van der Waals surface area (Å²) < 4.78 is 22.2. The molecule has 0 aromatic heterocycles. The van der Waals surface area contributed by atoms with Gasteiger partial charge in [-0.1, -0.05) is 12.1 Å². The van der Waals surface area contributed by atoms with Crippen LogP contribution in [0.25, 0.3) is 0 Å². The minimum Gasteiger partial charge on any atom is -0.504 e. The lowest BCUT2D eigenvalue weighted by atomic mass is 10.2. The third-order valence-electron chi connectivity index (χ3n) is 4.59. The summed E-state index contributed by atoms with van der Waals surface area (Å²) in [5.74, 6) is 2.64. The molecule has 178 valence electrons. The third-order valence-corrected chi connectivity index (χ3v) is 5.54. The first kappa shape index (κ1) is 24.9. The second-order valence-corrected chi connectivity index (χ2v) is 8.22. The van der Waals surface area contributed by atoms with Gasteiger partial charge in [0.15, 0.2) is 23.0 Å². The molecule has 0 unspecified atom stereocenters. The fraction of sp³-hybridized carbons (Fsp3) is 0.417. The summed E-state index contributed by atoms with van der Waals surface area (Å²) in [5, 5.41) is 20.8. The maximum atomic E-state index is 10.4. The summed E-state index contributed by atoms with van der Waals surface area (Å²) >= 11 is 1.74. The van der Waals surface area contributed by atoms with Crippen LogP contribution in [0, 0.1) is 0 Å². The van der Waals surface area contributed by atoms with Crippen LogP contribution in [0.3, 0.4) is 0 Å². The topological polar surface area (TPSA) is 102 Å². The maximum absolute atomic E-state index is 10.4. The smallest absolute Gasteiger partial charge is 0.166 e. The van der Waals surface area contributed by atoms with Gasteiger partial charge in [-0.2, -0.15) is 11.8 Å². The number of phenols is 2. The van der Waals surface area contributed by atoms with Gasteiger partial charge in [-0.3, -0.25) is 9.98 Å². The van der Waals surface area contributed by atoms with E-state index in [1.807, 2.05) is 12.1 Å². The van der Waals surface area contributed by atoms with Crippen LogP contribution in [0.1, 0.15) is 11.1 Å². The first-order valence-corrected chi connectivity index (χ1v) is 12.0. The third kappa shape index (κ3) is 8.60. The molecule has 0 aliphatic carbocycles. The molecule has 33 heavy (non-hydrogen) atoms. The molecule has 1 aliphatic rings. The van der Waals surface area contributed by atoms with Crippen molar-refractivity contribution in [2.75, 3.05) is 64.2 Å². The van der Waals surface area contributed by atoms with Gasteiger partial charge in [0.1, 0.15) is 13.2 Å². The van der Waals surface area contributed by atoms with Gasteiger partial charge >= 0.3 is 0 Å². The van der Waals surface area contributed by atoms with E-state index in [0.29, 0.717) is 75.4 Å². The Morgan fingerprint density at radius 2 is 1.09 bits per heavy atom. The van der Waals surface area contributed by atoms with Gasteiger partial charge in [0.2, 0.25) is 0 Å². The molecule has 0 fully saturated rings. The lowest BCUT2D eigenvalue weighted by Gasteiger charge is -2.11. The summed E-state index contributed by atoms with van der Waals surface area (Å²) in [6.07, 6.45) is 3.32. The molecule has 4 bridgehead atoms. The van der Waals surface area contributed by atoms with Crippen molar-refractivity contribution in [2.24, 2.45) is 9.98 Å². The Labute approximate surface area is 198 Å². The van der Waals surface area contributed by atoms with Gasteiger partial charge in [0.25, 0.3) is 0 Å². The number of hydrogen-bond acceptors (Lipinski definition) is 9. The zero-order chi connectivity index (χ0) is 23.1. The lowest BCUT2D eigenvalue weighted by molar-refractivity contribution is 0.0269. The molecule has 0 saturated carbocycles. The number of hydrogen-bond donors (Lipinski definition) is 2. The number of aromatic hydroxyl groups is 2. The maximum Gasteiger partial charge on any atom is 0.166 e. The first-order chi connectivity index (χ1) is 16.3. The minimum atomic E-state index is 0.0732. The van der Waals surface area contributed by atoms with Crippen molar-refractivity contribution in [2.45, 2.75) is 0 Å². The van der Waals surface area contributed by atoms with Crippen molar-refractivity contribution in [3.05, 3.63) is 47.5 Å². The van der Waals surface area contributed by atoms with Gasteiger partial charge in [-0.15, -0.1) is 0 Å². The van der Waals surface area contributed by atoms with Crippen molar-refractivity contribution in [3.63, 3.8) is 0 Å². The molecule has 8 nitrogen and oxygen atoms in total. The number of para-hydroxylation sites is 2. The van der Waals surface area contributed by atoms with E-state index in [4.69, 9.17) is 18.9 Å². The molecule has 0 spiro atoms. The predicted octanol–water partition coefficient (Wildman–Crippen LogP) is 3.17. The van der Waals surface area contributed by atoms with Crippen LogP contribution in [-0.2, 0) is 9.47 Å². The molecule has 1 aliphatic heterocycles. The average Bonchev–Trinajstić information content (AvgIpc) is 2.82. The van der Waals surface area contributed by atoms with Gasteiger partial charge < -0.3 is 29.2 Å². The number of aliphatic imine (C=N–C) groups is 2. The van der Waals surface area contributed by atoms with E-state index in [9.17, 15) is 10.2 Å². The lowest BCUT2D eigenvalue weighted by Crippen LogP contribution is -2.13. The average molecular weight is 475 g/mol. The van der Waals surface area contributed by atoms with E-state index >= 15 is 0 Å². The molecule has 9 heteroatoms. The molecule has 2 aromatic rings. The fourth-order valence-corrected chi connectivity index (χ4v) is 3.60. The van der Waals surface area contributed by atoms with E-state index < -0.39 is 0 Å². The van der Waals surface area contributed by atoms with Crippen molar-refractivity contribution in [1.82, 2.24) is 0 Å². The molecular formula is C24H30N2O6S. The van der Waals surface area contributed by atoms with E-state index in [0.717, 1.165) is 11.5 Å². The van der Waals surface area contributed by atoms with Crippen LogP contribution < -0.4 is 9.47 Å². The zero-order valence-electron chi connectivity index (χ0n) is 18.5. The number of nitrogens with zero attached hydrogens (tertiary/aromatic N) is 2. The largest absolute Gasteiger partial charge is 0.504 e. The molecule has 0 atom stereocenters. The quantitative estimate of drug-likeness (QED) is 0.605. The SMILES string of the molecule is Oc1c2cccc1OCCOCCOCCOc1cccc(c1O)C=NCCSCCN=C2. The Balaban J connectivity index is 1.57. The second-order valence-electron chi connectivity index (χ2n) is 6.99. The van der Waals surface area contributed by atoms with Crippen LogP contribution >= 0.6 is 11.8 Å². The number of benzene rings is 2. The molecule has 1 heterocycles. The van der Waals surface area contributed by atoms with Crippen LogP contribution in [0.2, 0.25) is 0 Å². The Kier molecular flexibility index (Phi) is 10.9. The van der Waals surface area contributed by atoms with E-state index in [1.165, 1.54) is 0 Å². The molecule has 3 rings (SSSR count). The van der Waals surface area contributed by atoms with E-state index in [2.05, 4.69) is 9.98 Å². The fourth-order valence-electron chi connectivity index (χ4n) is 2.93. The summed E-state index contributed by atoms with van der Waals surface area (Å²) in [7, 11) is 0. The summed E-state index contributed by atoms with van der Waals surface area (Å²) in [6.45, 7) is 3.46. The number of rotatable bonds is 0. The highest BCUT2D eigenvalue weighted by molar-refractivity contribution is 7.99. The minimum absolute atomic E-state index is 0.0732. The molecule has 2 aromatic carbocycles. The Hall–Kier alpha value is -2.75. The van der Waals surface area contributed by atoms with Gasteiger partial charge in [0, 0.05) is 48.2 Å². The van der Waals surface area contributed by atoms with Crippen LogP contribution in [0.5, 0.6) is 23.0 Å². The first-order valence-electron chi connectivity index (χ1n) is 10.9. The Morgan fingerprint density at radius 1 is 0.636 bits per heavy atom. The van der Waals surface area contributed by atoms with Crippen molar-refractivity contribution >= 4 is 24.2 Å². The highest BCUT2D eigenvalue weighted by atomic mass is 32.2. The highest BCUT2D eigenvalue weighted by Crippen LogP contribution is 2.29. The standard InChI is InChI=1S/C24H30N2O6S/c27-23-19-3-1-5-21(23)31-13-11-29-9-10-30-12-14-32-22-6-2-4-20(24(22)28)18-26-8-16-33-15-7-25-17-19/h1-6,17-18,27-28H,7-16H2. The highest BCUT2D eigenvalue weighted by Gasteiger charge is 2.08. The summed E-state index contributed by atoms with van der Waals surface area (Å²) in [4.78, 5) is 8.78. The molecule has 0 radical (unpaired) electrons. The van der Waals surface area contributed by atoms with E-state index in [-0.39, 0.29) is 11.5 Å². The van der Waals surface area contributed by atoms with Gasteiger partial charge in [0.05, 0.1) is 26.4 Å². The predicted molar refractivity (Wildman–Crippen MR) is 131 cm³/mol. The van der Waals surface area contributed by atoms with Gasteiger partial charge in [-0.25, -0.2) is 0 Å². The Bertz CT molecular complexity index is 848. The zero-order valence-corrected chi connectivity index (χ0v) is 19.3. The summed E-state index contributed by atoms with van der Waals surface area (Å²) in [5.41, 5.74) is 1.23. The molecule has 2 N–H and O–H groups in total. The van der Waals surface area contributed by atoms with E-state index in [1.54, 1.807) is 48.5 Å². The molecule has 0 saturated heterocycles. The number of phenolic OH excluding ortho intramolecular Hbond substituents is 2. The van der Waals surface area contributed by atoms with Crippen LogP contribution in [0.15, 0.2) is 46.4 Å². The van der Waals surface area contributed by atoms with Crippen LogP contribution in [0.4, 0.5) is 0 Å². The normalized spacial score (nSPS) is 17.2. The summed E-state index contributed by atoms with van der Waals surface area (Å²) in [6, 6.07) is 10.7. The second kappa shape index (κ2) is 14.4.